The van der Waals surface area contributed by atoms with E-state index >= 15 is 0 Å². The lowest BCUT2D eigenvalue weighted by molar-refractivity contribution is 0.0951. The summed E-state index contributed by atoms with van der Waals surface area (Å²) in [5.74, 6) is -0.365. The number of nitrogens with two attached hydrogens (primary N) is 1. The maximum atomic E-state index is 12.6. The van der Waals surface area contributed by atoms with E-state index in [-0.39, 0.29) is 17.3 Å². The molecule has 0 fully saturated rings. The molecule has 4 rings (SSSR count). The molecule has 0 saturated heterocycles. The minimum absolute atomic E-state index is 0.0281. The third-order valence-corrected chi connectivity index (χ3v) is 4.30. The highest BCUT2D eigenvalue weighted by Crippen LogP contribution is 2.29. The number of aromatic nitrogens is 6. The molecule has 0 radical (unpaired) electrons. The molecule has 27 heavy (non-hydrogen) atoms. The maximum absolute atomic E-state index is 12.6. The summed E-state index contributed by atoms with van der Waals surface area (Å²) < 4.78 is 5.92. The number of hydrazone groups is 1. The summed E-state index contributed by atoms with van der Waals surface area (Å²) in [5.41, 5.74) is 9.43. The lowest BCUT2D eigenvalue weighted by atomic mass is 10.2. The quantitative estimate of drug-likeness (QED) is 0.385. The van der Waals surface area contributed by atoms with Gasteiger partial charge in [-0.25, -0.2) is 10.1 Å². The van der Waals surface area contributed by atoms with E-state index in [1.54, 1.807) is 24.5 Å². The number of hydrogen-bond acceptors (Lipinski definition) is 10. The fourth-order valence-corrected chi connectivity index (χ4v) is 2.98. The molecule has 0 atom stereocenters. The topological polar surface area (TPSA) is 150 Å². The molecule has 0 unspecified atom stereocenters. The largest absolute Gasteiger partial charge is 0.378 e. The van der Waals surface area contributed by atoms with Crippen LogP contribution >= 0.6 is 11.3 Å². The number of nitrogens with zero attached hydrogens (tertiary/aromatic N) is 7. The molecule has 3 N–H and O–H groups in total. The van der Waals surface area contributed by atoms with E-state index in [1.807, 2.05) is 17.5 Å². The molecule has 12 heteroatoms. The van der Waals surface area contributed by atoms with Crippen molar-refractivity contribution >= 4 is 29.3 Å². The second-order valence-corrected chi connectivity index (χ2v) is 6.08. The molecule has 4 heterocycles. The summed E-state index contributed by atoms with van der Waals surface area (Å²) in [6.45, 7) is 0. The summed E-state index contributed by atoms with van der Waals surface area (Å²) in [6.07, 6.45) is 4.74. The molecule has 0 aliphatic heterocycles. The van der Waals surface area contributed by atoms with Gasteiger partial charge in [0.2, 0.25) is 11.6 Å². The minimum Gasteiger partial charge on any atom is -0.378 e. The van der Waals surface area contributed by atoms with Crippen LogP contribution < -0.4 is 11.2 Å². The lowest BCUT2D eigenvalue weighted by Crippen LogP contribution is -2.19. The Morgan fingerprint density at radius 1 is 1.30 bits per heavy atom. The van der Waals surface area contributed by atoms with Crippen LogP contribution in [0.2, 0.25) is 0 Å². The molecule has 134 valence electrons. The number of carbonyl (C=O) groups is 1. The minimum atomic E-state index is -0.537. The smallest absolute Gasteiger partial charge is 0.294 e. The first kappa shape index (κ1) is 16.5. The van der Waals surface area contributed by atoms with Crippen molar-refractivity contribution in [1.82, 2.24) is 35.7 Å². The molecular formula is C15H11N9O2S. The molecule has 0 aromatic carbocycles. The number of hydrogen-bond donors (Lipinski definition) is 2. The summed E-state index contributed by atoms with van der Waals surface area (Å²) in [4.78, 5) is 17.2. The predicted molar refractivity (Wildman–Crippen MR) is 96.2 cm³/mol. The van der Waals surface area contributed by atoms with Crippen molar-refractivity contribution in [2.75, 3.05) is 5.73 Å². The molecule has 4 aromatic rings. The van der Waals surface area contributed by atoms with Crippen LogP contribution in [0.4, 0.5) is 5.82 Å². The number of rotatable bonds is 5. The van der Waals surface area contributed by atoms with E-state index in [2.05, 4.69) is 40.8 Å². The van der Waals surface area contributed by atoms with Crippen LogP contribution in [0.3, 0.4) is 0 Å². The van der Waals surface area contributed by atoms with Gasteiger partial charge in [0.05, 0.1) is 11.1 Å². The van der Waals surface area contributed by atoms with E-state index in [0.29, 0.717) is 5.69 Å². The molecule has 0 saturated carbocycles. The average molecular weight is 381 g/mol. The first-order chi connectivity index (χ1) is 13.2. The molecular weight excluding hydrogens is 370 g/mol. The number of amides is 1. The number of nitrogen functional groups attached to an aromatic ring is 1. The predicted octanol–water partition coefficient (Wildman–Crippen LogP) is 1.12. The van der Waals surface area contributed by atoms with E-state index in [0.717, 1.165) is 10.4 Å². The Morgan fingerprint density at radius 3 is 2.85 bits per heavy atom. The highest BCUT2D eigenvalue weighted by Gasteiger charge is 2.25. The Bertz CT molecular complexity index is 1090. The van der Waals surface area contributed by atoms with Gasteiger partial charge in [-0.05, 0) is 39.5 Å². The van der Waals surface area contributed by atoms with Gasteiger partial charge in [0.1, 0.15) is 5.69 Å². The number of thiophene rings is 1. The molecule has 4 aromatic heterocycles. The standard InChI is InChI=1S/C15H11N9O2S/c16-13-14(22-26-21-13)24-12(10-2-1-7-27-10)11(19-23-24)15(25)20-18-8-9-3-5-17-6-4-9/h1-8H,(H2,16,21)(H,20,25). The van der Waals surface area contributed by atoms with Gasteiger partial charge in [-0.2, -0.15) is 9.78 Å². The van der Waals surface area contributed by atoms with Crippen molar-refractivity contribution in [3.05, 3.63) is 53.3 Å². The van der Waals surface area contributed by atoms with Gasteiger partial charge in [-0.3, -0.25) is 9.78 Å². The zero-order chi connectivity index (χ0) is 18.6. The van der Waals surface area contributed by atoms with Crippen LogP contribution in [0.5, 0.6) is 0 Å². The molecule has 1 amide bonds. The molecule has 11 nitrogen and oxygen atoms in total. The summed E-state index contributed by atoms with van der Waals surface area (Å²) in [5, 5.41) is 21.0. The zero-order valence-corrected chi connectivity index (χ0v) is 14.4. The zero-order valence-electron chi connectivity index (χ0n) is 13.6. The first-order valence-corrected chi connectivity index (χ1v) is 8.43. The van der Waals surface area contributed by atoms with Gasteiger partial charge in [0.15, 0.2) is 5.69 Å². The van der Waals surface area contributed by atoms with Gasteiger partial charge in [-0.1, -0.05) is 11.3 Å². The van der Waals surface area contributed by atoms with Crippen molar-refractivity contribution in [2.45, 2.75) is 0 Å². The third kappa shape index (κ3) is 3.28. The first-order valence-electron chi connectivity index (χ1n) is 7.55. The Kier molecular flexibility index (Phi) is 4.37. The number of nitrogens with one attached hydrogen (secondary N) is 1. The van der Waals surface area contributed by atoms with Gasteiger partial charge in [0.25, 0.3) is 5.91 Å². The van der Waals surface area contributed by atoms with Crippen LogP contribution in [0.15, 0.2) is 51.8 Å². The van der Waals surface area contributed by atoms with Gasteiger partial charge in [-0.15, -0.1) is 16.4 Å². The molecule has 0 spiro atoms. The van der Waals surface area contributed by atoms with E-state index in [9.17, 15) is 4.79 Å². The summed E-state index contributed by atoms with van der Waals surface area (Å²) in [7, 11) is 0. The Hall–Kier alpha value is -3.93. The van der Waals surface area contributed by atoms with Crippen molar-refractivity contribution in [2.24, 2.45) is 5.10 Å². The van der Waals surface area contributed by atoms with Crippen molar-refractivity contribution < 1.29 is 9.42 Å². The fraction of sp³-hybridized carbons (Fsp3) is 0. The van der Waals surface area contributed by atoms with Gasteiger partial charge >= 0.3 is 0 Å². The van der Waals surface area contributed by atoms with E-state index < -0.39 is 5.91 Å². The van der Waals surface area contributed by atoms with Crippen LogP contribution in [-0.4, -0.2) is 42.4 Å². The molecule has 0 aliphatic carbocycles. The van der Waals surface area contributed by atoms with Crippen LogP contribution in [0.25, 0.3) is 16.4 Å². The van der Waals surface area contributed by atoms with Gasteiger partial charge in [0, 0.05) is 12.4 Å². The van der Waals surface area contributed by atoms with E-state index in [4.69, 9.17) is 5.73 Å². The van der Waals surface area contributed by atoms with Crippen molar-refractivity contribution in [3.8, 4) is 16.4 Å². The SMILES string of the molecule is Nc1nonc1-n1nnc(C(=O)NN=Cc2ccncc2)c1-c1cccs1. The Morgan fingerprint density at radius 2 is 2.15 bits per heavy atom. The maximum Gasteiger partial charge on any atom is 0.294 e. The third-order valence-electron chi connectivity index (χ3n) is 3.42. The van der Waals surface area contributed by atoms with Crippen LogP contribution in [0.1, 0.15) is 16.1 Å². The number of anilines is 1. The molecule has 0 bridgehead atoms. The number of pyridine rings is 1. The Balaban J connectivity index is 1.66. The molecule has 0 aliphatic rings. The van der Waals surface area contributed by atoms with Crippen molar-refractivity contribution in [1.29, 1.82) is 0 Å². The normalized spacial score (nSPS) is 11.1. The second kappa shape index (κ2) is 7.13. The highest BCUT2D eigenvalue weighted by molar-refractivity contribution is 7.13. The summed E-state index contributed by atoms with van der Waals surface area (Å²) >= 11 is 1.40. The van der Waals surface area contributed by atoms with Crippen LogP contribution in [0, 0.1) is 0 Å². The van der Waals surface area contributed by atoms with E-state index in [1.165, 1.54) is 22.2 Å². The average Bonchev–Trinajstić information content (AvgIpc) is 3.42. The number of carbonyl (C=O) groups excluding carboxylic acids is 1. The lowest BCUT2D eigenvalue weighted by Gasteiger charge is -2.03. The second-order valence-electron chi connectivity index (χ2n) is 5.13. The Labute approximate surface area is 155 Å². The van der Waals surface area contributed by atoms with Gasteiger partial charge < -0.3 is 5.73 Å². The summed E-state index contributed by atoms with van der Waals surface area (Å²) in [6, 6.07) is 7.17. The monoisotopic (exact) mass is 381 g/mol. The van der Waals surface area contributed by atoms with Crippen LogP contribution in [-0.2, 0) is 0 Å². The fourth-order valence-electron chi connectivity index (χ4n) is 2.22. The van der Waals surface area contributed by atoms with Crippen molar-refractivity contribution in [3.63, 3.8) is 0 Å². The highest BCUT2D eigenvalue weighted by atomic mass is 32.1.